The van der Waals surface area contributed by atoms with Gasteiger partial charge in [0.1, 0.15) is 5.75 Å². The second kappa shape index (κ2) is 10.7. The normalized spacial score (nSPS) is 10.6. The van der Waals surface area contributed by atoms with Crippen molar-refractivity contribution in [3.05, 3.63) is 27.7 Å². The highest BCUT2D eigenvalue weighted by Gasteiger charge is 2.02. The Hall–Kier alpha value is -0.980. The second-order valence-corrected chi connectivity index (χ2v) is 6.44. The van der Waals surface area contributed by atoms with Gasteiger partial charge >= 0.3 is 6.03 Å². The summed E-state index contributed by atoms with van der Waals surface area (Å²) in [4.78, 5) is 13.6. The number of nitrogens with one attached hydrogen (secondary N) is 2. The van der Waals surface area contributed by atoms with E-state index in [0.717, 1.165) is 23.9 Å². The zero-order valence-corrected chi connectivity index (χ0v) is 15.3. The first-order chi connectivity index (χ1) is 10.5. The predicted molar refractivity (Wildman–Crippen MR) is 93.8 cm³/mol. The Morgan fingerprint density at radius 2 is 1.95 bits per heavy atom. The lowest BCUT2D eigenvalue weighted by Gasteiger charge is -2.11. The lowest BCUT2D eigenvalue weighted by molar-refractivity contribution is 0.238. The smallest absolute Gasteiger partial charge is 0.314 e. The molecule has 0 bridgehead atoms. The van der Waals surface area contributed by atoms with Gasteiger partial charge in [-0.15, -0.1) is 0 Å². The van der Waals surface area contributed by atoms with Crippen molar-refractivity contribution in [2.75, 3.05) is 40.3 Å². The molecule has 22 heavy (non-hydrogen) atoms. The van der Waals surface area contributed by atoms with Crippen molar-refractivity contribution in [2.24, 2.45) is 0 Å². The zero-order valence-electron chi connectivity index (χ0n) is 13.0. The van der Waals surface area contributed by atoms with Crippen LogP contribution < -0.4 is 15.4 Å². The van der Waals surface area contributed by atoms with Gasteiger partial charge in [-0.25, -0.2) is 4.79 Å². The van der Waals surface area contributed by atoms with Crippen molar-refractivity contribution in [1.29, 1.82) is 0 Å². The van der Waals surface area contributed by atoms with E-state index in [2.05, 4.69) is 31.5 Å². The highest BCUT2D eigenvalue weighted by molar-refractivity contribution is 9.10. The number of hydrogen-bond donors (Lipinski definition) is 2. The summed E-state index contributed by atoms with van der Waals surface area (Å²) in [6, 6.07) is 5.34. The molecule has 0 aliphatic heterocycles. The number of carbonyl (C=O) groups excluding carboxylic acids is 1. The first kappa shape index (κ1) is 19.1. The van der Waals surface area contributed by atoms with Crippen LogP contribution in [0.4, 0.5) is 4.79 Å². The molecule has 7 heteroatoms. The number of urea groups is 1. The van der Waals surface area contributed by atoms with Crippen LogP contribution in [0.1, 0.15) is 12.8 Å². The molecule has 0 heterocycles. The fraction of sp³-hybridized carbons (Fsp3) is 0.533. The van der Waals surface area contributed by atoms with Crippen LogP contribution in [0.3, 0.4) is 0 Å². The standard InChI is InChI=1S/C15H23BrClN3O2/c1-20(2)9-3-7-18-15(21)19-8-4-10-22-14-6-5-12(16)11-13(14)17/h5-6,11H,3-4,7-10H2,1-2H3,(H2,18,19,21). The van der Waals surface area contributed by atoms with Gasteiger partial charge in [0.2, 0.25) is 0 Å². The third-order valence-electron chi connectivity index (χ3n) is 2.83. The number of ether oxygens (including phenoxy) is 1. The van der Waals surface area contributed by atoms with Gasteiger partial charge in [-0.1, -0.05) is 27.5 Å². The molecular formula is C15H23BrClN3O2. The summed E-state index contributed by atoms with van der Waals surface area (Å²) in [6.45, 7) is 2.70. The average Bonchev–Trinajstić information content (AvgIpc) is 2.45. The summed E-state index contributed by atoms with van der Waals surface area (Å²) in [5.41, 5.74) is 0. The molecule has 1 aromatic carbocycles. The molecule has 0 saturated carbocycles. The number of halogens is 2. The van der Waals surface area contributed by atoms with Gasteiger partial charge < -0.3 is 20.3 Å². The molecule has 0 radical (unpaired) electrons. The summed E-state index contributed by atoms with van der Waals surface area (Å²) < 4.78 is 6.48. The molecule has 0 saturated heterocycles. The van der Waals surface area contributed by atoms with E-state index in [-0.39, 0.29) is 6.03 Å². The Morgan fingerprint density at radius 1 is 1.27 bits per heavy atom. The molecule has 0 spiro atoms. The molecule has 0 aromatic heterocycles. The molecule has 124 valence electrons. The maximum Gasteiger partial charge on any atom is 0.314 e. The van der Waals surface area contributed by atoms with Crippen LogP contribution in [0.5, 0.6) is 5.75 Å². The Kier molecular flexibility index (Phi) is 9.27. The van der Waals surface area contributed by atoms with E-state index in [1.165, 1.54) is 0 Å². The average molecular weight is 393 g/mol. The maximum atomic E-state index is 11.5. The first-order valence-electron chi connectivity index (χ1n) is 7.23. The van der Waals surface area contributed by atoms with Crippen LogP contribution in [0, 0.1) is 0 Å². The van der Waals surface area contributed by atoms with Gasteiger partial charge in [-0.3, -0.25) is 0 Å². The number of nitrogens with zero attached hydrogens (tertiary/aromatic N) is 1. The lowest BCUT2D eigenvalue weighted by atomic mass is 10.3. The quantitative estimate of drug-likeness (QED) is 0.635. The summed E-state index contributed by atoms with van der Waals surface area (Å²) in [6.07, 6.45) is 1.66. The highest BCUT2D eigenvalue weighted by Crippen LogP contribution is 2.27. The Labute approximate surface area is 145 Å². The molecule has 2 amide bonds. The lowest BCUT2D eigenvalue weighted by Crippen LogP contribution is -2.37. The molecule has 5 nitrogen and oxygen atoms in total. The summed E-state index contributed by atoms with van der Waals surface area (Å²) in [5, 5.41) is 6.19. The van der Waals surface area contributed by atoms with Crippen molar-refractivity contribution in [2.45, 2.75) is 12.8 Å². The summed E-state index contributed by atoms with van der Waals surface area (Å²) >= 11 is 9.39. The SMILES string of the molecule is CN(C)CCCNC(=O)NCCCOc1ccc(Br)cc1Cl. The van der Waals surface area contributed by atoms with Gasteiger partial charge in [0.05, 0.1) is 11.6 Å². The van der Waals surface area contributed by atoms with E-state index in [1.54, 1.807) is 6.07 Å². The van der Waals surface area contributed by atoms with Crippen LogP contribution in [-0.2, 0) is 0 Å². The zero-order chi connectivity index (χ0) is 16.4. The Balaban J connectivity index is 2.06. The fourth-order valence-corrected chi connectivity index (χ4v) is 2.44. The van der Waals surface area contributed by atoms with E-state index in [4.69, 9.17) is 16.3 Å². The minimum absolute atomic E-state index is 0.138. The Morgan fingerprint density at radius 3 is 2.59 bits per heavy atom. The van der Waals surface area contributed by atoms with Crippen molar-refractivity contribution < 1.29 is 9.53 Å². The van der Waals surface area contributed by atoms with Crippen LogP contribution in [0.2, 0.25) is 5.02 Å². The van der Waals surface area contributed by atoms with Crippen LogP contribution in [-0.4, -0.2) is 51.3 Å². The van der Waals surface area contributed by atoms with Gasteiger partial charge in [0, 0.05) is 17.6 Å². The van der Waals surface area contributed by atoms with Gasteiger partial charge in [0.15, 0.2) is 0 Å². The van der Waals surface area contributed by atoms with E-state index in [1.807, 2.05) is 26.2 Å². The van der Waals surface area contributed by atoms with Crippen molar-refractivity contribution in [1.82, 2.24) is 15.5 Å². The van der Waals surface area contributed by atoms with E-state index >= 15 is 0 Å². The van der Waals surface area contributed by atoms with Crippen LogP contribution >= 0.6 is 27.5 Å². The minimum atomic E-state index is -0.138. The molecule has 0 fully saturated rings. The van der Waals surface area contributed by atoms with Gasteiger partial charge in [-0.05, 0) is 51.7 Å². The van der Waals surface area contributed by atoms with Gasteiger partial charge in [-0.2, -0.15) is 0 Å². The van der Waals surface area contributed by atoms with Crippen LogP contribution in [0.15, 0.2) is 22.7 Å². The molecule has 0 aliphatic carbocycles. The van der Waals surface area contributed by atoms with E-state index < -0.39 is 0 Å². The number of amides is 2. The van der Waals surface area contributed by atoms with Gasteiger partial charge in [0.25, 0.3) is 0 Å². The molecule has 0 atom stereocenters. The highest BCUT2D eigenvalue weighted by atomic mass is 79.9. The predicted octanol–water partition coefficient (Wildman–Crippen LogP) is 3.12. The molecule has 0 aliphatic rings. The molecule has 1 rings (SSSR count). The largest absolute Gasteiger partial charge is 0.492 e. The summed E-state index contributed by atoms with van der Waals surface area (Å²) in [7, 11) is 4.02. The fourth-order valence-electron chi connectivity index (χ4n) is 1.71. The number of hydrogen-bond acceptors (Lipinski definition) is 3. The summed E-state index contributed by atoms with van der Waals surface area (Å²) in [5.74, 6) is 0.651. The molecule has 2 N–H and O–H groups in total. The Bertz CT molecular complexity index is 472. The van der Waals surface area contributed by atoms with E-state index in [0.29, 0.717) is 30.5 Å². The topological polar surface area (TPSA) is 53.6 Å². The van der Waals surface area contributed by atoms with Crippen molar-refractivity contribution in [3.63, 3.8) is 0 Å². The first-order valence-corrected chi connectivity index (χ1v) is 8.40. The van der Waals surface area contributed by atoms with Crippen molar-refractivity contribution >= 4 is 33.6 Å². The van der Waals surface area contributed by atoms with E-state index in [9.17, 15) is 4.79 Å². The second-order valence-electron chi connectivity index (χ2n) is 5.12. The molecule has 1 aromatic rings. The molecule has 0 unspecified atom stereocenters. The minimum Gasteiger partial charge on any atom is -0.492 e. The number of carbonyl (C=O) groups is 1. The maximum absolute atomic E-state index is 11.5. The third-order valence-corrected chi connectivity index (χ3v) is 3.61. The molecular weight excluding hydrogens is 370 g/mol. The number of benzene rings is 1. The van der Waals surface area contributed by atoms with Crippen molar-refractivity contribution in [3.8, 4) is 5.75 Å². The number of rotatable bonds is 9. The monoisotopic (exact) mass is 391 g/mol. The third kappa shape index (κ3) is 8.46. The van der Waals surface area contributed by atoms with Crippen LogP contribution in [0.25, 0.3) is 0 Å².